The van der Waals surface area contributed by atoms with Crippen molar-refractivity contribution in [2.45, 2.75) is 12.5 Å². The molecule has 7 heteroatoms. The molecule has 1 aliphatic rings. The van der Waals surface area contributed by atoms with E-state index in [1.165, 1.54) is 17.3 Å². The minimum atomic E-state index is -1.29. The molecule has 0 spiro atoms. The average Bonchev–Trinajstić information content (AvgIpc) is 2.75. The van der Waals surface area contributed by atoms with Crippen molar-refractivity contribution in [3.05, 3.63) is 23.8 Å². The Kier molecular flexibility index (Phi) is 3.01. The van der Waals surface area contributed by atoms with Gasteiger partial charge >= 0.3 is 5.97 Å². The van der Waals surface area contributed by atoms with Crippen LogP contribution in [0.3, 0.4) is 0 Å². The third-order valence-corrected chi connectivity index (χ3v) is 2.55. The van der Waals surface area contributed by atoms with Gasteiger partial charge in [-0.05, 0) is 6.42 Å². The van der Waals surface area contributed by atoms with E-state index in [0.29, 0.717) is 13.0 Å². The van der Waals surface area contributed by atoms with Crippen LogP contribution in [0.4, 0.5) is 0 Å². The molecule has 1 saturated heterocycles. The molecule has 1 amide bonds. The zero-order valence-corrected chi connectivity index (χ0v) is 8.91. The van der Waals surface area contributed by atoms with Gasteiger partial charge in [0.15, 0.2) is 11.4 Å². The van der Waals surface area contributed by atoms with Crippen LogP contribution in [-0.2, 0) is 0 Å². The van der Waals surface area contributed by atoms with Crippen molar-refractivity contribution in [3.63, 3.8) is 0 Å². The first-order chi connectivity index (χ1) is 8.09. The van der Waals surface area contributed by atoms with Crippen LogP contribution in [0.25, 0.3) is 0 Å². The number of carboxylic acids is 1. The lowest BCUT2D eigenvalue weighted by atomic mass is 10.2. The highest BCUT2D eigenvalue weighted by Crippen LogP contribution is 2.13. The Balaban J connectivity index is 2.28. The number of carbonyl (C=O) groups is 2. The zero-order chi connectivity index (χ0) is 12.4. The van der Waals surface area contributed by atoms with E-state index in [0.717, 1.165) is 0 Å². The van der Waals surface area contributed by atoms with Gasteiger partial charge in [-0.1, -0.05) is 0 Å². The Hall–Kier alpha value is -2.02. The van der Waals surface area contributed by atoms with E-state index >= 15 is 0 Å². The maximum absolute atomic E-state index is 12.0. The highest BCUT2D eigenvalue weighted by molar-refractivity contribution is 6.02. The van der Waals surface area contributed by atoms with Crippen molar-refractivity contribution in [2.75, 3.05) is 13.1 Å². The van der Waals surface area contributed by atoms with Gasteiger partial charge in [0, 0.05) is 25.5 Å². The van der Waals surface area contributed by atoms with E-state index in [1.54, 1.807) is 0 Å². The molecule has 1 unspecified atom stereocenters. The summed E-state index contributed by atoms with van der Waals surface area (Å²) in [5.41, 5.74) is -0.548. The number of hydrogen-bond donors (Lipinski definition) is 2. The number of likely N-dealkylation sites (tertiary alicyclic amines) is 1. The minimum Gasteiger partial charge on any atom is -0.476 e. The van der Waals surface area contributed by atoms with Crippen molar-refractivity contribution in [3.8, 4) is 0 Å². The first kappa shape index (κ1) is 11.5. The largest absolute Gasteiger partial charge is 0.476 e. The van der Waals surface area contributed by atoms with Crippen LogP contribution in [0.15, 0.2) is 12.4 Å². The molecule has 0 aliphatic carbocycles. The average molecular weight is 237 g/mol. The maximum Gasteiger partial charge on any atom is 0.356 e. The SMILES string of the molecule is O=C(O)c1nccnc1C(=O)N1CCC(O)C1. The van der Waals surface area contributed by atoms with E-state index in [4.69, 9.17) is 5.11 Å². The molecule has 0 saturated carbocycles. The molecule has 0 aromatic carbocycles. The normalized spacial score (nSPS) is 19.4. The minimum absolute atomic E-state index is 0.186. The lowest BCUT2D eigenvalue weighted by Gasteiger charge is -2.15. The molecule has 7 nitrogen and oxygen atoms in total. The smallest absolute Gasteiger partial charge is 0.356 e. The van der Waals surface area contributed by atoms with Gasteiger partial charge in [-0.2, -0.15) is 0 Å². The van der Waals surface area contributed by atoms with E-state index in [1.807, 2.05) is 0 Å². The van der Waals surface area contributed by atoms with Crippen molar-refractivity contribution in [2.24, 2.45) is 0 Å². The molecule has 1 fully saturated rings. The molecule has 2 heterocycles. The van der Waals surface area contributed by atoms with Crippen molar-refractivity contribution < 1.29 is 19.8 Å². The second-order valence-electron chi connectivity index (χ2n) is 3.75. The molecule has 2 rings (SSSR count). The van der Waals surface area contributed by atoms with Crippen LogP contribution in [-0.4, -0.2) is 56.2 Å². The lowest BCUT2D eigenvalue weighted by molar-refractivity contribution is 0.0668. The van der Waals surface area contributed by atoms with Gasteiger partial charge in [-0.15, -0.1) is 0 Å². The fraction of sp³-hybridized carbons (Fsp3) is 0.400. The molecule has 0 radical (unpaired) electrons. The van der Waals surface area contributed by atoms with Gasteiger partial charge in [-0.25, -0.2) is 14.8 Å². The number of aromatic nitrogens is 2. The van der Waals surface area contributed by atoms with E-state index < -0.39 is 18.0 Å². The summed E-state index contributed by atoms with van der Waals surface area (Å²) in [7, 11) is 0. The molecule has 90 valence electrons. The van der Waals surface area contributed by atoms with Crippen molar-refractivity contribution >= 4 is 11.9 Å². The number of nitrogens with zero attached hydrogens (tertiary/aromatic N) is 3. The predicted molar refractivity (Wildman–Crippen MR) is 55.5 cm³/mol. The Morgan fingerprint density at radius 1 is 1.29 bits per heavy atom. The number of carboxylic acid groups (broad SMARTS) is 1. The number of aliphatic hydroxyl groups is 1. The second-order valence-corrected chi connectivity index (χ2v) is 3.75. The molecular weight excluding hydrogens is 226 g/mol. The third-order valence-electron chi connectivity index (χ3n) is 2.55. The quantitative estimate of drug-likeness (QED) is 0.710. The summed E-state index contributed by atoms with van der Waals surface area (Å²) in [6, 6.07) is 0. The van der Waals surface area contributed by atoms with E-state index in [9.17, 15) is 14.7 Å². The summed E-state index contributed by atoms with van der Waals surface area (Å²) in [5, 5.41) is 18.2. The third kappa shape index (κ3) is 2.23. The number of aliphatic hydroxyl groups excluding tert-OH is 1. The molecule has 1 aromatic rings. The summed E-state index contributed by atoms with van der Waals surface area (Å²) >= 11 is 0. The van der Waals surface area contributed by atoms with Gasteiger partial charge in [-0.3, -0.25) is 4.79 Å². The lowest BCUT2D eigenvalue weighted by Crippen LogP contribution is -2.32. The highest BCUT2D eigenvalue weighted by Gasteiger charge is 2.29. The Morgan fingerprint density at radius 2 is 1.94 bits per heavy atom. The van der Waals surface area contributed by atoms with Gasteiger partial charge in [0.25, 0.3) is 5.91 Å². The standard InChI is InChI=1S/C10H11N3O4/c14-6-1-4-13(5-6)9(15)7-8(10(16)17)12-3-2-11-7/h2-3,6,14H,1,4-5H2,(H,16,17). The molecule has 1 aliphatic heterocycles. The Bertz CT molecular complexity index is 463. The summed E-state index contributed by atoms with van der Waals surface area (Å²) < 4.78 is 0. The highest BCUT2D eigenvalue weighted by atomic mass is 16.4. The summed E-state index contributed by atoms with van der Waals surface area (Å²) in [6.07, 6.45) is 2.43. The topological polar surface area (TPSA) is 104 Å². The number of aromatic carboxylic acids is 1. The number of rotatable bonds is 2. The molecule has 2 N–H and O–H groups in total. The first-order valence-electron chi connectivity index (χ1n) is 5.11. The van der Waals surface area contributed by atoms with Crippen LogP contribution < -0.4 is 0 Å². The van der Waals surface area contributed by atoms with Crippen molar-refractivity contribution in [1.29, 1.82) is 0 Å². The van der Waals surface area contributed by atoms with Crippen LogP contribution >= 0.6 is 0 Å². The maximum atomic E-state index is 12.0. The monoisotopic (exact) mass is 237 g/mol. The number of carbonyl (C=O) groups excluding carboxylic acids is 1. The number of amides is 1. The summed E-state index contributed by atoms with van der Waals surface area (Å²) in [5.74, 6) is -1.80. The number of β-amino-alcohol motifs (C(OH)–C–C–N with tert-alkyl or cyclic N) is 1. The van der Waals surface area contributed by atoms with Gasteiger partial charge < -0.3 is 15.1 Å². The Labute approximate surface area is 96.7 Å². The number of hydrogen-bond acceptors (Lipinski definition) is 5. The first-order valence-corrected chi connectivity index (χ1v) is 5.11. The van der Waals surface area contributed by atoms with Gasteiger partial charge in [0.2, 0.25) is 0 Å². The fourth-order valence-corrected chi connectivity index (χ4v) is 1.73. The van der Waals surface area contributed by atoms with Gasteiger partial charge in [0.05, 0.1) is 6.10 Å². The molecular formula is C10H11N3O4. The van der Waals surface area contributed by atoms with Crippen LogP contribution in [0, 0.1) is 0 Å². The summed E-state index contributed by atoms with van der Waals surface area (Å²) in [4.78, 5) is 31.6. The van der Waals surface area contributed by atoms with E-state index in [-0.39, 0.29) is 17.9 Å². The van der Waals surface area contributed by atoms with Gasteiger partial charge in [0.1, 0.15) is 0 Å². The fourth-order valence-electron chi connectivity index (χ4n) is 1.73. The van der Waals surface area contributed by atoms with Crippen LogP contribution in [0.2, 0.25) is 0 Å². The molecule has 1 atom stereocenters. The van der Waals surface area contributed by atoms with Crippen molar-refractivity contribution in [1.82, 2.24) is 14.9 Å². The Morgan fingerprint density at radius 3 is 2.47 bits per heavy atom. The van der Waals surface area contributed by atoms with Crippen LogP contribution in [0.5, 0.6) is 0 Å². The zero-order valence-electron chi connectivity index (χ0n) is 8.91. The predicted octanol–water partition coefficient (Wildman–Crippen LogP) is -0.618. The molecule has 17 heavy (non-hydrogen) atoms. The molecule has 0 bridgehead atoms. The van der Waals surface area contributed by atoms with Crippen LogP contribution in [0.1, 0.15) is 27.4 Å². The summed E-state index contributed by atoms with van der Waals surface area (Å²) in [6.45, 7) is 0.601. The van der Waals surface area contributed by atoms with E-state index in [2.05, 4.69) is 9.97 Å². The second kappa shape index (κ2) is 4.46. The molecule has 1 aromatic heterocycles.